The molecule has 0 unspecified atom stereocenters. The van der Waals surface area contributed by atoms with Crippen molar-refractivity contribution in [2.45, 2.75) is 26.2 Å². The van der Waals surface area contributed by atoms with Crippen molar-refractivity contribution >= 4 is 158 Å². The Hall–Kier alpha value is -12.6. The van der Waals surface area contributed by atoms with E-state index in [2.05, 4.69) is 376 Å². The molecule has 0 bridgehead atoms. The first-order chi connectivity index (χ1) is 51.1. The van der Waals surface area contributed by atoms with E-state index >= 15 is 0 Å². The van der Waals surface area contributed by atoms with Crippen molar-refractivity contribution in [2.24, 2.45) is 0 Å². The Kier molecular flexibility index (Phi) is 13.3. The molecule has 0 saturated carbocycles. The number of anilines is 6. The molecule has 17 aromatic carbocycles. The van der Waals surface area contributed by atoms with Gasteiger partial charge in [0.25, 0.3) is 0 Å². The summed E-state index contributed by atoms with van der Waals surface area (Å²) in [6, 6.07) is 126. The van der Waals surface area contributed by atoms with E-state index in [1.54, 1.807) is 0 Å². The minimum Gasteiger partial charge on any atom is -0.454 e. The lowest BCUT2D eigenvalue weighted by Crippen LogP contribution is -2.51. The molecule has 4 heterocycles. The minimum absolute atomic E-state index is 0.878. The molecule has 4 nitrogen and oxygen atoms in total. The van der Waals surface area contributed by atoms with Crippen LogP contribution in [0.3, 0.4) is 0 Å². The molecule has 490 valence electrons. The molecular formula is C98H68N2O2Si2. The second-order valence-corrected chi connectivity index (χ2v) is 38.1. The van der Waals surface area contributed by atoms with Gasteiger partial charge in [0.15, 0.2) is 11.2 Å². The fourth-order valence-corrected chi connectivity index (χ4v) is 24.0. The summed E-state index contributed by atoms with van der Waals surface area (Å²) >= 11 is 0. The van der Waals surface area contributed by atoms with Crippen LogP contribution in [0, 0.1) is 0 Å². The fraction of sp³-hybridized carbons (Fsp3) is 0.0408. The van der Waals surface area contributed by atoms with Gasteiger partial charge in [-0.1, -0.05) is 293 Å². The largest absolute Gasteiger partial charge is 0.454 e. The Morgan fingerprint density at radius 2 is 0.490 bits per heavy atom. The SMILES string of the molecule is C[Si]1(C)c2cc3c(cc2-c2c1cc(N(c1ccc(-c4cccc5ccccc45)cc1)c1ccc(-c4cccc5ccccc45)cc1)c1oc4ccccc4c21)[Si](C)(C)c1cc(N(c2ccc(-c4cccc5ccccc45)cc2)c2ccc(-c4cccc5ccccc45)cc2)c2oc4ccccc4c2c1-3. The normalized spacial score (nSPS) is 13.3. The Morgan fingerprint density at radius 3 is 0.788 bits per heavy atom. The van der Waals surface area contributed by atoms with Crippen LogP contribution in [0.5, 0.6) is 0 Å². The third-order valence-corrected chi connectivity index (χ3v) is 30.0. The highest BCUT2D eigenvalue weighted by atomic mass is 28.3. The molecule has 0 N–H and O–H groups in total. The number of rotatable bonds is 10. The van der Waals surface area contributed by atoms with Gasteiger partial charge in [-0.3, -0.25) is 0 Å². The zero-order valence-corrected chi connectivity index (χ0v) is 60.0. The molecule has 0 aliphatic carbocycles. The second-order valence-electron chi connectivity index (χ2n) is 29.4. The van der Waals surface area contributed by atoms with Crippen LogP contribution in [-0.4, -0.2) is 16.1 Å². The highest BCUT2D eigenvalue weighted by Crippen LogP contribution is 2.52. The third kappa shape index (κ3) is 9.08. The van der Waals surface area contributed by atoms with E-state index in [0.717, 1.165) is 67.2 Å². The Morgan fingerprint density at radius 1 is 0.231 bits per heavy atom. The molecule has 2 aromatic heterocycles. The number of hydrogen-bond acceptors (Lipinski definition) is 4. The quantitative estimate of drug-likeness (QED) is 0.128. The van der Waals surface area contributed by atoms with E-state index in [-0.39, 0.29) is 0 Å². The van der Waals surface area contributed by atoms with Gasteiger partial charge >= 0.3 is 0 Å². The number of benzene rings is 17. The van der Waals surface area contributed by atoms with Gasteiger partial charge in [-0.05, 0) is 203 Å². The van der Waals surface area contributed by atoms with Gasteiger partial charge < -0.3 is 18.6 Å². The van der Waals surface area contributed by atoms with Crippen molar-refractivity contribution in [2.75, 3.05) is 9.80 Å². The van der Waals surface area contributed by atoms with Gasteiger partial charge in [-0.15, -0.1) is 0 Å². The first kappa shape index (κ1) is 60.2. The van der Waals surface area contributed by atoms with Crippen LogP contribution < -0.4 is 30.5 Å². The van der Waals surface area contributed by atoms with E-state index < -0.39 is 16.1 Å². The van der Waals surface area contributed by atoms with Crippen LogP contribution >= 0.6 is 0 Å². The Balaban J connectivity index is 0.750. The molecule has 0 amide bonds. The predicted molar refractivity (Wildman–Crippen MR) is 447 cm³/mol. The van der Waals surface area contributed by atoms with Gasteiger partial charge in [0.05, 0.1) is 11.4 Å². The number of fused-ring (bicyclic) bond motifs is 18. The highest BCUT2D eigenvalue weighted by molar-refractivity contribution is 7.06. The average molecular weight is 1360 g/mol. The summed E-state index contributed by atoms with van der Waals surface area (Å²) < 4.78 is 14.9. The van der Waals surface area contributed by atoms with E-state index in [1.807, 2.05) is 0 Å². The van der Waals surface area contributed by atoms with Crippen LogP contribution in [-0.2, 0) is 0 Å². The summed E-state index contributed by atoms with van der Waals surface area (Å²) in [6.45, 7) is 10.3. The lowest BCUT2D eigenvalue weighted by atomic mass is 9.94. The monoisotopic (exact) mass is 1360 g/mol. The lowest BCUT2D eigenvalue weighted by molar-refractivity contribution is 0.669. The van der Waals surface area contributed by atoms with Crippen molar-refractivity contribution in [3.05, 3.63) is 340 Å². The van der Waals surface area contributed by atoms with E-state index in [9.17, 15) is 0 Å². The second kappa shape index (κ2) is 23.0. The number of para-hydroxylation sites is 2. The molecule has 104 heavy (non-hydrogen) atoms. The molecule has 0 atom stereocenters. The van der Waals surface area contributed by atoms with Crippen LogP contribution in [0.1, 0.15) is 0 Å². The minimum atomic E-state index is -2.60. The standard InChI is InChI=1S/C98H68N2O2Si2/c1-103(2)89-57-84-90(58-83(89)93-91(103)59-85(97-95(93)81-33-13-15-39-87(81)101-97)99(69-49-41-65(42-50-69)77-35-17-25-61-21-5-9-29-73(61)77)70-51-43-66(44-52-70)78-36-18-26-62-22-6-10-30-74(62)78)104(3,4)92-60-86(98-96(94(84)92)82-34-14-16-40-88(82)102-98)100(71-53-45-67(46-54-71)79-37-19-27-63-23-7-11-31-75(63)79)72-55-47-68(48-56-72)80-38-20-28-64-24-8-12-32-76(64)80/h5-60H,1-4H3. The van der Waals surface area contributed by atoms with Crippen molar-refractivity contribution in [1.29, 1.82) is 0 Å². The molecule has 0 fully saturated rings. The fourth-order valence-electron chi connectivity index (χ4n) is 17.9. The first-order valence-corrected chi connectivity index (χ1v) is 42.2. The highest BCUT2D eigenvalue weighted by Gasteiger charge is 2.47. The summed E-state index contributed by atoms with van der Waals surface area (Å²) in [5.74, 6) is 0. The lowest BCUT2D eigenvalue weighted by Gasteiger charge is -2.28. The Bertz CT molecular complexity index is 6110. The zero-order chi connectivity index (χ0) is 69.1. The predicted octanol–water partition coefficient (Wildman–Crippen LogP) is 25.3. The van der Waals surface area contributed by atoms with Crippen LogP contribution in [0.25, 0.3) is 154 Å². The molecule has 0 spiro atoms. The van der Waals surface area contributed by atoms with Crippen molar-refractivity contribution in [3.63, 3.8) is 0 Å². The van der Waals surface area contributed by atoms with Crippen LogP contribution in [0.4, 0.5) is 34.1 Å². The molecule has 19 aromatic rings. The summed E-state index contributed by atoms with van der Waals surface area (Å²) in [7, 11) is -5.21. The van der Waals surface area contributed by atoms with Crippen molar-refractivity contribution in [1.82, 2.24) is 0 Å². The topological polar surface area (TPSA) is 32.8 Å². The van der Waals surface area contributed by atoms with E-state index in [4.69, 9.17) is 8.83 Å². The van der Waals surface area contributed by atoms with Gasteiger partial charge in [0.2, 0.25) is 0 Å². The van der Waals surface area contributed by atoms with Gasteiger partial charge in [0, 0.05) is 44.3 Å². The van der Waals surface area contributed by atoms with E-state index in [0.29, 0.717) is 0 Å². The maximum absolute atomic E-state index is 7.43. The number of hydrogen-bond donors (Lipinski definition) is 0. The van der Waals surface area contributed by atoms with Gasteiger partial charge in [0.1, 0.15) is 27.3 Å². The smallest absolute Gasteiger partial charge is 0.160 e. The maximum atomic E-state index is 7.43. The van der Waals surface area contributed by atoms with Gasteiger partial charge in [-0.25, -0.2) is 0 Å². The van der Waals surface area contributed by atoms with Crippen molar-refractivity contribution < 1.29 is 8.83 Å². The molecule has 21 rings (SSSR count). The molecular weight excluding hydrogens is 1290 g/mol. The van der Waals surface area contributed by atoms with Gasteiger partial charge in [-0.2, -0.15) is 0 Å². The van der Waals surface area contributed by atoms with E-state index in [1.165, 1.54) is 141 Å². The maximum Gasteiger partial charge on any atom is 0.160 e. The molecule has 2 aliphatic heterocycles. The molecule has 0 saturated heterocycles. The van der Waals surface area contributed by atoms with Crippen molar-refractivity contribution in [3.8, 4) is 66.8 Å². The molecule has 2 aliphatic rings. The first-order valence-electron chi connectivity index (χ1n) is 36.2. The van der Waals surface area contributed by atoms with Crippen LogP contribution in [0.2, 0.25) is 26.2 Å². The molecule has 6 heteroatoms. The summed E-state index contributed by atoms with van der Waals surface area (Å²) in [5.41, 5.74) is 24.6. The third-order valence-electron chi connectivity index (χ3n) is 23.0. The summed E-state index contributed by atoms with van der Waals surface area (Å²) in [6.07, 6.45) is 0. The summed E-state index contributed by atoms with van der Waals surface area (Å²) in [5, 5.41) is 20.2. The average Bonchev–Trinajstić information content (AvgIpc) is 1.51. The number of furan rings is 2. The molecule has 0 radical (unpaired) electrons. The zero-order valence-electron chi connectivity index (χ0n) is 58.0. The Labute approximate surface area is 605 Å². The summed E-state index contributed by atoms with van der Waals surface area (Å²) in [4.78, 5) is 4.93. The number of nitrogens with zero attached hydrogens (tertiary/aromatic N) is 2. The van der Waals surface area contributed by atoms with Crippen LogP contribution in [0.15, 0.2) is 349 Å².